The fourth-order valence-corrected chi connectivity index (χ4v) is 11.6. The maximum absolute atomic E-state index is 15.1. The molecule has 438 valence electrons. The Hall–Kier alpha value is -7.78. The van der Waals surface area contributed by atoms with Gasteiger partial charge in [-0.1, -0.05) is 62.0 Å². The van der Waals surface area contributed by atoms with Gasteiger partial charge in [0.1, 0.15) is 24.5 Å². The van der Waals surface area contributed by atoms with E-state index in [2.05, 4.69) is 68.2 Å². The van der Waals surface area contributed by atoms with Crippen molar-refractivity contribution >= 4 is 39.3 Å². The van der Waals surface area contributed by atoms with Crippen molar-refractivity contribution in [3.8, 4) is 5.75 Å². The highest BCUT2D eigenvalue weighted by atomic mass is 19.1. The number of aromatic nitrogens is 6. The van der Waals surface area contributed by atoms with Gasteiger partial charge in [-0.3, -0.25) is 38.7 Å². The summed E-state index contributed by atoms with van der Waals surface area (Å²) < 4.78 is 21.3. The second-order valence-corrected chi connectivity index (χ2v) is 22.2. The molecule has 0 aliphatic carbocycles. The van der Waals surface area contributed by atoms with Gasteiger partial charge < -0.3 is 24.3 Å². The highest BCUT2D eigenvalue weighted by Gasteiger charge is 2.30. The summed E-state index contributed by atoms with van der Waals surface area (Å²) in [6.07, 6.45) is 8.78. The number of hydrogen-bond donors (Lipinski definition) is 2. The summed E-state index contributed by atoms with van der Waals surface area (Å²) in [4.78, 5) is 86.5. The van der Waals surface area contributed by atoms with E-state index in [1.165, 1.54) is 11.6 Å². The number of aryl methyl sites for hydroxylation is 2. The standard InChI is InChI=1S/C53H66FN11O5.C9H8N2O.CH4/c1-59(50(66)36-63-34-42-32-55-38-56-49(42)35-63)16-5-4-7-39-8-6-9-43(29-39)70-28-27-60-19-21-62(22-20-60)33-40-14-17-61(18-15-40)37-51(67)64-23-25-65(26-24-64)53(69)46-30-41(12-13-47(46)54)31-48-44-10-2-3-11-45(44)52(68)58-57-48;1-6-7-4-2-3-5-8(7)9(12)11-10-6;/h2-3,6,8-13,29-30,32,38,40H,4-5,7,14-28,31,33-37H2,1H3,(H,58,68);2-5H,1H3,(H,11,12);1H4. The normalized spacial score (nSPS) is 16.3. The van der Waals surface area contributed by atoms with Crippen molar-refractivity contribution in [2.24, 2.45) is 5.92 Å². The number of rotatable bonds is 18. The van der Waals surface area contributed by atoms with Crippen molar-refractivity contribution in [2.45, 2.75) is 66.0 Å². The minimum atomic E-state index is -0.589. The summed E-state index contributed by atoms with van der Waals surface area (Å²) >= 11 is 0. The van der Waals surface area contributed by atoms with Crippen LogP contribution in [0.15, 0.2) is 113 Å². The Kier molecular flexibility index (Phi) is 20.5. The number of halogens is 1. The number of amides is 3. The third-order valence-corrected chi connectivity index (χ3v) is 16.5. The molecule has 7 heterocycles. The van der Waals surface area contributed by atoms with Gasteiger partial charge >= 0.3 is 0 Å². The van der Waals surface area contributed by atoms with Crippen molar-refractivity contribution in [3.63, 3.8) is 0 Å². The van der Waals surface area contributed by atoms with Gasteiger partial charge in [0.25, 0.3) is 17.0 Å². The Bertz CT molecular complexity index is 3440. The lowest BCUT2D eigenvalue weighted by Crippen LogP contribution is -2.53. The quantitative estimate of drug-likeness (QED) is 0.0978. The number of likely N-dealkylation sites (N-methyl/N-ethyl adjacent to an activating group) is 1. The molecule has 19 nitrogen and oxygen atoms in total. The van der Waals surface area contributed by atoms with Crippen LogP contribution in [0.4, 0.5) is 4.39 Å². The third-order valence-electron chi connectivity index (χ3n) is 16.5. The predicted octanol–water partition coefficient (Wildman–Crippen LogP) is 5.80. The fourth-order valence-electron chi connectivity index (χ4n) is 11.6. The molecule has 0 radical (unpaired) electrons. The molecule has 3 fully saturated rings. The summed E-state index contributed by atoms with van der Waals surface area (Å²) in [5.41, 5.74) is 5.18. The summed E-state index contributed by atoms with van der Waals surface area (Å²) in [6.45, 7) is 14.9. The zero-order valence-electron chi connectivity index (χ0n) is 47.1. The van der Waals surface area contributed by atoms with Crippen LogP contribution in [0.1, 0.15) is 77.2 Å². The smallest absolute Gasteiger partial charge is 0.272 e. The van der Waals surface area contributed by atoms with Crippen LogP contribution in [0.3, 0.4) is 0 Å². The molecule has 20 heteroatoms. The number of benzene rings is 4. The van der Waals surface area contributed by atoms with Crippen molar-refractivity contribution in [3.05, 3.63) is 169 Å². The Balaban J connectivity index is 0.000000563. The number of carbonyl (C=O) groups is 3. The van der Waals surface area contributed by atoms with Crippen LogP contribution in [-0.4, -0.2) is 194 Å². The van der Waals surface area contributed by atoms with Crippen LogP contribution in [0.2, 0.25) is 0 Å². The molecule has 4 aliphatic rings. The van der Waals surface area contributed by atoms with E-state index in [0.29, 0.717) is 92.2 Å². The van der Waals surface area contributed by atoms with E-state index in [9.17, 15) is 24.0 Å². The number of unbranched alkanes of at least 4 members (excludes halogenated alkanes) is 1. The number of piperidine rings is 1. The van der Waals surface area contributed by atoms with Gasteiger partial charge in [0.2, 0.25) is 11.8 Å². The highest BCUT2D eigenvalue weighted by Crippen LogP contribution is 2.24. The molecular formula is C63H78FN13O6. The maximum Gasteiger partial charge on any atom is 0.272 e. The molecule has 3 saturated heterocycles. The molecule has 11 rings (SSSR count). The van der Waals surface area contributed by atoms with Gasteiger partial charge in [0.15, 0.2) is 0 Å². The molecule has 83 heavy (non-hydrogen) atoms. The van der Waals surface area contributed by atoms with E-state index in [-0.39, 0.29) is 35.9 Å². The molecule has 3 amide bonds. The van der Waals surface area contributed by atoms with E-state index < -0.39 is 11.7 Å². The lowest BCUT2D eigenvalue weighted by atomic mass is 9.96. The fraction of sp³-hybridized carbons (Fsp3) is 0.444. The topological polar surface area (TPSA) is 200 Å². The first kappa shape index (κ1) is 59.8. The number of ether oxygens (including phenoxy) is 1. The largest absolute Gasteiger partial charge is 0.492 e. The Morgan fingerprint density at radius 1 is 0.699 bits per heavy atom. The van der Waals surface area contributed by atoms with Crippen molar-refractivity contribution in [2.75, 3.05) is 112 Å². The Morgan fingerprint density at radius 2 is 1.39 bits per heavy atom. The van der Waals surface area contributed by atoms with Gasteiger partial charge in [0, 0.05) is 121 Å². The summed E-state index contributed by atoms with van der Waals surface area (Å²) in [5.74, 6) is 0.763. The third kappa shape index (κ3) is 15.7. The molecule has 0 saturated carbocycles. The van der Waals surface area contributed by atoms with Gasteiger partial charge in [0.05, 0.1) is 46.5 Å². The molecule has 3 aromatic heterocycles. The SMILES string of the molecule is C.CN(CCCCc1cccc(OCCN2CCN(CC3CCN(CC(=O)N4CCN(C(=O)c5cc(Cc6n[nH]c(=O)c7ccccc67)ccc5F)CC4)CC3)CC2)c1)C(=O)CN1Cc2cncnc2C1.Cc1n[nH]c(=O)c2ccccc12. The summed E-state index contributed by atoms with van der Waals surface area (Å²) in [5, 5.41) is 15.9. The molecule has 0 bridgehead atoms. The van der Waals surface area contributed by atoms with Crippen LogP contribution in [0, 0.1) is 18.7 Å². The zero-order valence-corrected chi connectivity index (χ0v) is 47.1. The summed E-state index contributed by atoms with van der Waals surface area (Å²) in [7, 11) is 1.89. The number of carbonyl (C=O) groups excluding carboxylic acids is 3. The number of nitrogens with zero attached hydrogens (tertiary/aromatic N) is 11. The minimum absolute atomic E-state index is 0. The van der Waals surface area contributed by atoms with E-state index in [1.54, 1.807) is 41.6 Å². The van der Waals surface area contributed by atoms with Crippen molar-refractivity contribution in [1.29, 1.82) is 0 Å². The molecule has 4 aromatic carbocycles. The number of likely N-dealkylation sites (tertiary alicyclic amines) is 1. The van der Waals surface area contributed by atoms with E-state index in [4.69, 9.17) is 4.74 Å². The molecule has 7 aromatic rings. The zero-order chi connectivity index (χ0) is 57.0. The average molecular weight is 1130 g/mol. The number of aromatic amines is 2. The van der Waals surface area contributed by atoms with E-state index in [1.807, 2.05) is 66.4 Å². The number of fused-ring (bicyclic) bond motifs is 3. The Labute approximate surface area is 484 Å². The first-order chi connectivity index (χ1) is 39.9. The van der Waals surface area contributed by atoms with Crippen LogP contribution in [0.25, 0.3) is 21.5 Å². The second-order valence-electron chi connectivity index (χ2n) is 22.2. The van der Waals surface area contributed by atoms with Gasteiger partial charge in [-0.05, 0) is 106 Å². The van der Waals surface area contributed by atoms with Crippen LogP contribution < -0.4 is 15.9 Å². The second kappa shape index (κ2) is 28.5. The Morgan fingerprint density at radius 3 is 2.12 bits per heavy atom. The maximum atomic E-state index is 15.1. The lowest BCUT2D eigenvalue weighted by molar-refractivity contribution is -0.134. The monoisotopic (exact) mass is 1130 g/mol. The number of nitrogens with one attached hydrogen (secondary N) is 2. The number of H-pyrrole nitrogens is 2. The highest BCUT2D eigenvalue weighted by molar-refractivity contribution is 5.95. The number of hydrogen-bond acceptors (Lipinski definition) is 14. The molecule has 2 N–H and O–H groups in total. The van der Waals surface area contributed by atoms with E-state index in [0.717, 1.165) is 126 Å². The van der Waals surface area contributed by atoms with Crippen LogP contribution in [0.5, 0.6) is 5.75 Å². The first-order valence-corrected chi connectivity index (χ1v) is 28.8. The molecule has 0 atom stereocenters. The van der Waals surface area contributed by atoms with Crippen LogP contribution >= 0.6 is 0 Å². The van der Waals surface area contributed by atoms with Crippen LogP contribution in [-0.2, 0) is 35.5 Å². The summed E-state index contributed by atoms with van der Waals surface area (Å²) in [6, 6.07) is 27.6. The van der Waals surface area contributed by atoms with Gasteiger partial charge in [-0.2, -0.15) is 10.2 Å². The van der Waals surface area contributed by atoms with Gasteiger partial charge in [-0.25, -0.2) is 24.6 Å². The van der Waals surface area contributed by atoms with Crippen molar-refractivity contribution < 1.29 is 23.5 Å². The average Bonchev–Trinajstić information content (AvgIpc) is 4.11. The minimum Gasteiger partial charge on any atom is -0.492 e. The molecule has 0 spiro atoms. The van der Waals surface area contributed by atoms with Gasteiger partial charge in [-0.15, -0.1) is 0 Å². The predicted molar refractivity (Wildman–Crippen MR) is 319 cm³/mol. The number of piperazine rings is 2. The molecular weight excluding hydrogens is 1050 g/mol. The lowest BCUT2D eigenvalue weighted by Gasteiger charge is -2.39. The molecule has 4 aliphatic heterocycles. The molecule has 0 unspecified atom stereocenters. The van der Waals surface area contributed by atoms with Crippen molar-refractivity contribution in [1.82, 2.24) is 64.7 Å². The first-order valence-electron chi connectivity index (χ1n) is 28.8. The van der Waals surface area contributed by atoms with E-state index >= 15 is 4.39 Å².